The zero-order valence-corrected chi connectivity index (χ0v) is 14.5. The molecule has 0 aromatic heterocycles. The monoisotopic (exact) mass is 362 g/mol. The van der Waals surface area contributed by atoms with Gasteiger partial charge in [0.15, 0.2) is 15.0 Å². The highest BCUT2D eigenvalue weighted by Gasteiger charge is 2.54. The van der Waals surface area contributed by atoms with Crippen LogP contribution in [0.2, 0.25) is 0 Å². The molecule has 2 aliphatic carbocycles. The Hall–Kier alpha value is -0.270. The minimum Gasteiger partial charge on any atom is -0.343 e. The zero-order chi connectivity index (χ0) is 15.5. The van der Waals surface area contributed by atoms with Gasteiger partial charge in [0.1, 0.15) is 5.88 Å². The molecule has 5 nitrogen and oxygen atoms in total. The summed E-state index contributed by atoms with van der Waals surface area (Å²) in [4.78, 5) is 18.0. The van der Waals surface area contributed by atoms with Crippen LogP contribution in [-0.2, 0) is 14.6 Å². The molecular formula is C14H19ClN2O3S2. The Morgan fingerprint density at radius 1 is 1.27 bits per heavy atom. The summed E-state index contributed by atoms with van der Waals surface area (Å²) in [5.41, 5.74) is 0. The fraction of sp³-hybridized carbons (Fsp3) is 0.857. The van der Waals surface area contributed by atoms with Crippen LogP contribution in [0.25, 0.3) is 0 Å². The van der Waals surface area contributed by atoms with Crippen molar-refractivity contribution in [2.45, 2.75) is 43.0 Å². The van der Waals surface area contributed by atoms with E-state index in [-0.39, 0.29) is 34.6 Å². The predicted octanol–water partition coefficient (Wildman–Crippen LogP) is 1.51. The zero-order valence-electron chi connectivity index (χ0n) is 12.2. The van der Waals surface area contributed by atoms with Gasteiger partial charge in [-0.2, -0.15) is 4.99 Å². The third-order valence-electron chi connectivity index (χ3n) is 5.50. The second kappa shape index (κ2) is 5.38. The van der Waals surface area contributed by atoms with Crippen LogP contribution in [0.5, 0.6) is 0 Å². The number of hydrogen-bond acceptors (Lipinski definition) is 4. The Morgan fingerprint density at radius 3 is 2.73 bits per heavy atom. The molecule has 0 spiro atoms. The minimum absolute atomic E-state index is 0.0128. The molecule has 4 aliphatic rings. The molecule has 8 heteroatoms. The number of halogens is 1. The maximum absolute atomic E-state index is 12.0. The summed E-state index contributed by atoms with van der Waals surface area (Å²) < 4.78 is 24.0. The van der Waals surface area contributed by atoms with E-state index in [1.165, 1.54) is 31.0 Å². The fourth-order valence-corrected chi connectivity index (χ4v) is 8.72. The van der Waals surface area contributed by atoms with Crippen molar-refractivity contribution in [1.82, 2.24) is 4.90 Å². The molecule has 122 valence electrons. The van der Waals surface area contributed by atoms with E-state index in [0.29, 0.717) is 17.1 Å². The smallest absolute Gasteiger partial charge is 0.262 e. The van der Waals surface area contributed by atoms with E-state index in [2.05, 4.69) is 9.89 Å². The van der Waals surface area contributed by atoms with Crippen LogP contribution in [0.1, 0.15) is 25.7 Å². The number of carbonyl (C=O) groups is 1. The molecule has 22 heavy (non-hydrogen) atoms. The number of amidine groups is 1. The average Bonchev–Trinajstić information content (AvgIpc) is 3.17. The minimum atomic E-state index is -2.97. The van der Waals surface area contributed by atoms with Crippen molar-refractivity contribution in [3.8, 4) is 0 Å². The highest BCUT2D eigenvalue weighted by atomic mass is 35.5. The van der Waals surface area contributed by atoms with Crippen molar-refractivity contribution < 1.29 is 13.2 Å². The van der Waals surface area contributed by atoms with E-state index >= 15 is 0 Å². The van der Waals surface area contributed by atoms with E-state index < -0.39 is 9.84 Å². The maximum Gasteiger partial charge on any atom is 0.262 e. The third-order valence-corrected chi connectivity index (χ3v) is 8.95. The second-order valence-electron chi connectivity index (χ2n) is 6.87. The number of fused-ring (bicyclic) bond motifs is 3. The number of aliphatic imine (C=N–C) groups is 1. The molecule has 1 amide bonds. The lowest BCUT2D eigenvalue weighted by molar-refractivity contribution is -0.115. The van der Waals surface area contributed by atoms with E-state index in [0.717, 1.165) is 12.3 Å². The first kappa shape index (κ1) is 15.3. The van der Waals surface area contributed by atoms with Gasteiger partial charge in [-0.25, -0.2) is 8.42 Å². The van der Waals surface area contributed by atoms with E-state index in [1.54, 1.807) is 0 Å². The lowest BCUT2D eigenvalue weighted by Gasteiger charge is -2.36. The molecule has 2 saturated carbocycles. The van der Waals surface area contributed by atoms with Crippen LogP contribution in [0, 0.1) is 11.8 Å². The average molecular weight is 363 g/mol. The normalized spacial score (nSPS) is 44.0. The predicted molar refractivity (Wildman–Crippen MR) is 88.1 cm³/mol. The van der Waals surface area contributed by atoms with Gasteiger partial charge in [0.2, 0.25) is 0 Å². The van der Waals surface area contributed by atoms with Gasteiger partial charge in [0.25, 0.3) is 5.91 Å². The van der Waals surface area contributed by atoms with Crippen LogP contribution < -0.4 is 0 Å². The Kier molecular flexibility index (Phi) is 3.73. The van der Waals surface area contributed by atoms with Crippen LogP contribution >= 0.6 is 23.4 Å². The van der Waals surface area contributed by atoms with E-state index in [9.17, 15) is 13.2 Å². The largest absolute Gasteiger partial charge is 0.343 e. The van der Waals surface area contributed by atoms with E-state index in [4.69, 9.17) is 11.6 Å². The molecule has 0 radical (unpaired) electrons. The highest BCUT2D eigenvalue weighted by Crippen LogP contribution is 2.51. The van der Waals surface area contributed by atoms with Crippen molar-refractivity contribution in [2.75, 3.05) is 17.4 Å². The lowest BCUT2D eigenvalue weighted by atomic mass is 9.93. The first-order valence-corrected chi connectivity index (χ1v) is 11.0. The molecular weight excluding hydrogens is 344 g/mol. The molecule has 0 aromatic carbocycles. The number of hydrogen-bond donors (Lipinski definition) is 0. The molecule has 4 rings (SSSR count). The standard InChI is InChI=1S/C14H19ClN2O3S2/c15-5-13(18)16-14-17(10-4-8-1-2-9(10)3-8)11-6-22(19,20)7-12(11)21-14/h8-12H,1-7H2/t8-,9+,10+,11-,12+/m1/s1. The van der Waals surface area contributed by atoms with Crippen LogP contribution in [0.3, 0.4) is 0 Å². The first-order valence-electron chi connectivity index (χ1n) is 7.80. The number of rotatable bonds is 2. The van der Waals surface area contributed by atoms with Gasteiger partial charge in [0, 0.05) is 11.3 Å². The van der Waals surface area contributed by atoms with Crippen molar-refractivity contribution in [3.63, 3.8) is 0 Å². The first-order chi connectivity index (χ1) is 10.5. The molecule has 2 aliphatic heterocycles. The van der Waals surface area contributed by atoms with Gasteiger partial charge >= 0.3 is 0 Å². The summed E-state index contributed by atoms with van der Waals surface area (Å²) in [5.74, 6) is 1.34. The topological polar surface area (TPSA) is 66.8 Å². The molecule has 5 atom stereocenters. The van der Waals surface area contributed by atoms with Gasteiger partial charge in [-0.05, 0) is 31.1 Å². The Morgan fingerprint density at radius 2 is 2.09 bits per heavy atom. The third kappa shape index (κ3) is 2.49. The fourth-order valence-electron chi connectivity index (χ4n) is 4.67. The van der Waals surface area contributed by atoms with Crippen LogP contribution in [0.15, 0.2) is 4.99 Å². The number of carbonyl (C=O) groups excluding carboxylic acids is 1. The van der Waals surface area contributed by atoms with Gasteiger partial charge in [-0.15, -0.1) is 11.6 Å². The number of amides is 1. The summed E-state index contributed by atoms with van der Waals surface area (Å²) in [7, 11) is -2.97. The molecule has 2 saturated heterocycles. The SMILES string of the molecule is O=C(CCl)N=C1S[C@H]2CS(=O)(=O)C[C@H]2N1[C@H]1C[C@@H]2CC[C@H]1C2. The number of nitrogens with zero attached hydrogens (tertiary/aromatic N) is 2. The van der Waals surface area contributed by atoms with E-state index in [1.807, 2.05) is 0 Å². The number of thioether (sulfide) groups is 1. The summed E-state index contributed by atoms with van der Waals surface area (Å²) in [6.45, 7) is 0. The summed E-state index contributed by atoms with van der Waals surface area (Å²) in [6.07, 6.45) is 4.87. The molecule has 2 bridgehead atoms. The molecule has 0 unspecified atom stereocenters. The Balaban J connectivity index is 1.66. The molecule has 0 aromatic rings. The number of sulfone groups is 1. The Labute approximate surface area is 139 Å². The van der Waals surface area contributed by atoms with Crippen LogP contribution in [-0.4, -0.2) is 59.1 Å². The Bertz CT molecular complexity index is 636. The summed E-state index contributed by atoms with van der Waals surface area (Å²) >= 11 is 7.05. The van der Waals surface area contributed by atoms with Crippen molar-refractivity contribution in [2.24, 2.45) is 16.8 Å². The van der Waals surface area contributed by atoms with Gasteiger partial charge in [0.05, 0.1) is 17.5 Å². The van der Waals surface area contributed by atoms with Gasteiger partial charge < -0.3 is 4.90 Å². The van der Waals surface area contributed by atoms with Gasteiger partial charge in [-0.3, -0.25) is 4.79 Å². The quantitative estimate of drug-likeness (QED) is 0.696. The lowest BCUT2D eigenvalue weighted by Crippen LogP contribution is -2.47. The van der Waals surface area contributed by atoms with Crippen molar-refractivity contribution in [3.05, 3.63) is 0 Å². The maximum atomic E-state index is 12.0. The highest BCUT2D eigenvalue weighted by molar-refractivity contribution is 8.15. The molecule has 2 heterocycles. The van der Waals surface area contributed by atoms with Crippen molar-refractivity contribution >= 4 is 44.3 Å². The summed E-state index contributed by atoms with van der Waals surface area (Å²) in [5, 5.41) is 0.735. The molecule has 0 N–H and O–H groups in total. The molecule has 4 fully saturated rings. The van der Waals surface area contributed by atoms with Crippen LogP contribution in [0.4, 0.5) is 0 Å². The second-order valence-corrected chi connectivity index (χ2v) is 10.5. The summed E-state index contributed by atoms with van der Waals surface area (Å²) in [6, 6.07) is 0.345. The van der Waals surface area contributed by atoms with Crippen molar-refractivity contribution in [1.29, 1.82) is 0 Å². The van der Waals surface area contributed by atoms with Gasteiger partial charge in [-0.1, -0.05) is 18.2 Å². The number of alkyl halides is 1.